The Kier molecular flexibility index (Phi) is 4.42. The van der Waals surface area contributed by atoms with Crippen molar-refractivity contribution < 1.29 is 13.9 Å². The number of methoxy groups -OCH3 is 1. The van der Waals surface area contributed by atoms with Crippen LogP contribution in [0.2, 0.25) is 0 Å². The number of halogens is 1. The quantitative estimate of drug-likeness (QED) is 0.772. The van der Waals surface area contributed by atoms with E-state index in [0.29, 0.717) is 5.56 Å². The van der Waals surface area contributed by atoms with Crippen LogP contribution in [0, 0.1) is 11.7 Å². The second-order valence-corrected chi connectivity index (χ2v) is 4.81. The number of rotatable bonds is 4. The Balaban J connectivity index is 2.14. The van der Waals surface area contributed by atoms with E-state index in [4.69, 9.17) is 4.74 Å². The van der Waals surface area contributed by atoms with Crippen LogP contribution in [0.5, 0.6) is 0 Å². The molecule has 0 radical (unpaired) electrons. The second-order valence-electron chi connectivity index (χ2n) is 4.81. The van der Waals surface area contributed by atoms with Crippen LogP contribution in [0.4, 0.5) is 4.39 Å². The summed E-state index contributed by atoms with van der Waals surface area (Å²) in [6.45, 7) is 0. The van der Waals surface area contributed by atoms with Crippen LogP contribution < -0.4 is 0 Å². The fourth-order valence-electron chi connectivity index (χ4n) is 2.66. The molecular formula is C14H18FNO2. The number of Topliss-reactive ketones (excluding diaryl/α,β-unsaturated/α-hetero) is 1. The smallest absolute Gasteiger partial charge is 0.193 e. The van der Waals surface area contributed by atoms with Crippen LogP contribution in [0.3, 0.4) is 0 Å². The van der Waals surface area contributed by atoms with Crippen LogP contribution >= 0.6 is 0 Å². The Morgan fingerprint density at radius 2 is 2.11 bits per heavy atom. The maximum Gasteiger partial charge on any atom is 0.193 e. The van der Waals surface area contributed by atoms with Gasteiger partial charge in [-0.15, -0.1) is 0 Å². The highest BCUT2D eigenvalue weighted by Crippen LogP contribution is 2.29. The van der Waals surface area contributed by atoms with Crippen molar-refractivity contribution in [2.75, 3.05) is 7.11 Å². The maximum absolute atomic E-state index is 13.1. The summed E-state index contributed by atoms with van der Waals surface area (Å²) in [7, 11) is 1.55. The number of pyridine rings is 1. The summed E-state index contributed by atoms with van der Waals surface area (Å²) in [5, 5.41) is 0. The molecule has 1 aliphatic carbocycles. The van der Waals surface area contributed by atoms with Gasteiger partial charge in [0, 0.05) is 18.9 Å². The largest absolute Gasteiger partial charge is 0.373 e. The predicted octanol–water partition coefficient (Wildman–Crippen LogP) is 3.00. The van der Waals surface area contributed by atoms with Gasteiger partial charge in [0.1, 0.15) is 11.9 Å². The molecule has 0 bridgehead atoms. The first-order valence-corrected chi connectivity index (χ1v) is 6.40. The number of carbonyl (C=O) groups excluding carboxylic acids is 1. The average Bonchev–Trinajstić information content (AvgIpc) is 2.41. The molecule has 1 atom stereocenters. The van der Waals surface area contributed by atoms with Crippen LogP contribution in [-0.2, 0) is 4.74 Å². The summed E-state index contributed by atoms with van der Waals surface area (Å²) < 4.78 is 18.4. The van der Waals surface area contributed by atoms with Crippen molar-refractivity contribution in [3.05, 3.63) is 29.8 Å². The van der Waals surface area contributed by atoms with Crippen LogP contribution in [0.25, 0.3) is 0 Å². The molecule has 0 aromatic carbocycles. The first-order chi connectivity index (χ1) is 8.72. The minimum absolute atomic E-state index is 0.156. The number of ketones is 1. The third-order valence-corrected chi connectivity index (χ3v) is 3.58. The minimum atomic E-state index is -0.487. The maximum atomic E-state index is 13.1. The molecular weight excluding hydrogens is 233 g/mol. The highest BCUT2D eigenvalue weighted by Gasteiger charge is 2.30. The summed E-state index contributed by atoms with van der Waals surface area (Å²) in [6, 6.07) is 1.23. The van der Waals surface area contributed by atoms with E-state index in [1.165, 1.54) is 18.7 Å². The highest BCUT2D eigenvalue weighted by atomic mass is 19.1. The molecule has 1 aromatic heterocycles. The lowest BCUT2D eigenvalue weighted by Gasteiger charge is -2.28. The standard InChI is InChI=1S/C14H18FNO2/c1-18-14(10-5-3-2-4-6-10)13(17)11-7-12(15)9-16-8-11/h7-10,14H,2-6H2,1H3. The normalized spacial score (nSPS) is 18.6. The fourth-order valence-corrected chi connectivity index (χ4v) is 2.66. The molecule has 0 amide bonds. The third-order valence-electron chi connectivity index (χ3n) is 3.58. The molecule has 1 saturated carbocycles. The number of hydrogen-bond donors (Lipinski definition) is 0. The van der Waals surface area contributed by atoms with Crippen molar-refractivity contribution in [1.82, 2.24) is 4.98 Å². The first kappa shape index (κ1) is 13.1. The molecule has 4 heteroatoms. The van der Waals surface area contributed by atoms with Crippen LogP contribution in [0.15, 0.2) is 18.5 Å². The van der Waals surface area contributed by atoms with E-state index in [0.717, 1.165) is 31.9 Å². The van der Waals surface area contributed by atoms with Crippen molar-refractivity contribution in [1.29, 1.82) is 0 Å². The lowest BCUT2D eigenvalue weighted by Crippen LogP contribution is -2.33. The molecule has 1 aromatic rings. The Bertz CT molecular complexity index is 416. The van der Waals surface area contributed by atoms with Crippen molar-refractivity contribution in [3.8, 4) is 0 Å². The van der Waals surface area contributed by atoms with E-state index in [2.05, 4.69) is 4.98 Å². The molecule has 2 rings (SSSR count). The Hall–Kier alpha value is -1.29. The van der Waals surface area contributed by atoms with Gasteiger partial charge in [-0.05, 0) is 24.8 Å². The summed E-state index contributed by atoms with van der Waals surface area (Å²) >= 11 is 0. The van der Waals surface area contributed by atoms with Gasteiger partial charge in [-0.2, -0.15) is 0 Å². The lowest BCUT2D eigenvalue weighted by atomic mass is 9.82. The van der Waals surface area contributed by atoms with Gasteiger partial charge in [0.25, 0.3) is 0 Å². The summed E-state index contributed by atoms with van der Waals surface area (Å²) in [4.78, 5) is 16.0. The van der Waals surface area contributed by atoms with Crippen molar-refractivity contribution in [2.24, 2.45) is 5.92 Å². The summed E-state index contributed by atoms with van der Waals surface area (Å²) in [5.41, 5.74) is 0.299. The third kappa shape index (κ3) is 2.93. The lowest BCUT2D eigenvalue weighted by molar-refractivity contribution is 0.0313. The molecule has 98 valence electrons. The SMILES string of the molecule is COC(C(=O)c1cncc(F)c1)C1CCCCC1. The van der Waals surface area contributed by atoms with E-state index in [1.807, 2.05) is 0 Å². The van der Waals surface area contributed by atoms with E-state index < -0.39 is 11.9 Å². The van der Waals surface area contributed by atoms with E-state index >= 15 is 0 Å². The predicted molar refractivity (Wildman–Crippen MR) is 65.9 cm³/mol. The van der Waals surface area contributed by atoms with E-state index in [9.17, 15) is 9.18 Å². The average molecular weight is 251 g/mol. The monoisotopic (exact) mass is 251 g/mol. The van der Waals surface area contributed by atoms with Gasteiger partial charge in [0.2, 0.25) is 0 Å². The molecule has 3 nitrogen and oxygen atoms in total. The Morgan fingerprint density at radius 1 is 1.39 bits per heavy atom. The van der Waals surface area contributed by atoms with Gasteiger partial charge in [-0.3, -0.25) is 9.78 Å². The number of hydrogen-bond acceptors (Lipinski definition) is 3. The number of ether oxygens (including phenoxy) is 1. The highest BCUT2D eigenvalue weighted by molar-refractivity contribution is 5.99. The zero-order valence-electron chi connectivity index (χ0n) is 10.6. The van der Waals surface area contributed by atoms with E-state index in [1.54, 1.807) is 7.11 Å². The van der Waals surface area contributed by atoms with Crippen molar-refractivity contribution in [2.45, 2.75) is 38.2 Å². The second kappa shape index (κ2) is 6.05. The summed E-state index contributed by atoms with van der Waals surface area (Å²) in [5.74, 6) is -0.393. The number of carbonyl (C=O) groups is 1. The van der Waals surface area contributed by atoms with Crippen molar-refractivity contribution in [3.63, 3.8) is 0 Å². The molecule has 0 aliphatic heterocycles. The molecule has 1 unspecified atom stereocenters. The first-order valence-electron chi connectivity index (χ1n) is 6.40. The van der Waals surface area contributed by atoms with Gasteiger partial charge >= 0.3 is 0 Å². The molecule has 0 saturated heterocycles. The van der Waals surface area contributed by atoms with Gasteiger partial charge in [-0.1, -0.05) is 19.3 Å². The fraction of sp³-hybridized carbons (Fsp3) is 0.571. The molecule has 0 spiro atoms. The van der Waals surface area contributed by atoms with Gasteiger partial charge in [-0.25, -0.2) is 4.39 Å². The zero-order chi connectivity index (χ0) is 13.0. The number of aromatic nitrogens is 1. The number of nitrogens with zero attached hydrogens (tertiary/aromatic N) is 1. The Labute approximate surface area is 106 Å². The Morgan fingerprint density at radius 3 is 2.72 bits per heavy atom. The van der Waals surface area contributed by atoms with Crippen LogP contribution in [-0.4, -0.2) is 24.0 Å². The molecule has 1 heterocycles. The van der Waals surface area contributed by atoms with Gasteiger partial charge < -0.3 is 4.74 Å². The minimum Gasteiger partial charge on any atom is -0.373 e. The van der Waals surface area contributed by atoms with Gasteiger partial charge in [0.15, 0.2) is 5.78 Å². The van der Waals surface area contributed by atoms with Gasteiger partial charge in [0.05, 0.1) is 6.20 Å². The molecule has 1 fully saturated rings. The van der Waals surface area contributed by atoms with Crippen molar-refractivity contribution >= 4 is 5.78 Å². The zero-order valence-corrected chi connectivity index (χ0v) is 10.6. The summed E-state index contributed by atoms with van der Waals surface area (Å²) in [6.07, 6.45) is 7.55. The molecule has 0 N–H and O–H groups in total. The molecule has 18 heavy (non-hydrogen) atoms. The molecule has 1 aliphatic rings. The van der Waals surface area contributed by atoms with Crippen LogP contribution in [0.1, 0.15) is 42.5 Å². The van der Waals surface area contributed by atoms with E-state index in [-0.39, 0.29) is 11.7 Å². The topological polar surface area (TPSA) is 39.2 Å².